The van der Waals surface area contributed by atoms with E-state index in [0.717, 1.165) is 24.8 Å². The van der Waals surface area contributed by atoms with Crippen LogP contribution in [-0.2, 0) is 7.05 Å². The van der Waals surface area contributed by atoms with E-state index >= 15 is 0 Å². The van der Waals surface area contributed by atoms with Crippen LogP contribution >= 0.6 is 11.3 Å². The minimum absolute atomic E-state index is 0.163. The molecule has 1 aliphatic heterocycles. The van der Waals surface area contributed by atoms with E-state index in [0.29, 0.717) is 23.6 Å². The fourth-order valence-electron chi connectivity index (χ4n) is 3.54. The average molecular weight is 396 g/mol. The van der Waals surface area contributed by atoms with Gasteiger partial charge in [0.15, 0.2) is 0 Å². The molecule has 0 radical (unpaired) electrons. The number of nitrogens with zero attached hydrogens (tertiary/aromatic N) is 3. The van der Waals surface area contributed by atoms with Crippen LogP contribution in [0.15, 0.2) is 50.8 Å². The SMILES string of the molecule is Cn1cc(C(=O)N2CCCCC2c2nc(-c3ccsc3)cc(=O)[nH]2)ccc1=O. The molecule has 28 heavy (non-hydrogen) atoms. The number of carbonyl (C=O) groups excluding carboxylic acids is 1. The molecule has 0 saturated carbocycles. The molecule has 1 N–H and O–H groups in total. The third-order valence-electron chi connectivity index (χ3n) is 4.99. The summed E-state index contributed by atoms with van der Waals surface area (Å²) in [6.45, 7) is 0.582. The van der Waals surface area contributed by atoms with Crippen LogP contribution in [-0.4, -0.2) is 31.9 Å². The lowest BCUT2D eigenvalue weighted by molar-refractivity contribution is 0.0598. The zero-order valence-corrected chi connectivity index (χ0v) is 16.2. The summed E-state index contributed by atoms with van der Waals surface area (Å²) in [6.07, 6.45) is 4.12. The van der Waals surface area contributed by atoms with Gasteiger partial charge in [0.25, 0.3) is 11.5 Å². The Kier molecular flexibility index (Phi) is 4.95. The molecule has 4 heterocycles. The number of aryl methyl sites for hydroxylation is 1. The highest BCUT2D eigenvalue weighted by Gasteiger charge is 2.31. The molecule has 4 rings (SSSR count). The van der Waals surface area contributed by atoms with Crippen molar-refractivity contribution in [3.8, 4) is 11.3 Å². The number of H-pyrrole nitrogens is 1. The second-order valence-corrected chi connectivity index (χ2v) is 7.68. The van der Waals surface area contributed by atoms with Crippen molar-refractivity contribution in [1.82, 2.24) is 19.4 Å². The van der Waals surface area contributed by atoms with E-state index < -0.39 is 0 Å². The van der Waals surface area contributed by atoms with E-state index in [-0.39, 0.29) is 23.1 Å². The van der Waals surface area contributed by atoms with Gasteiger partial charge >= 0.3 is 0 Å². The first-order valence-corrected chi connectivity index (χ1v) is 10.1. The largest absolute Gasteiger partial charge is 0.328 e. The third kappa shape index (κ3) is 3.55. The van der Waals surface area contributed by atoms with Gasteiger partial charge in [0, 0.05) is 42.9 Å². The summed E-state index contributed by atoms with van der Waals surface area (Å²) < 4.78 is 1.39. The topological polar surface area (TPSA) is 88.1 Å². The fourth-order valence-corrected chi connectivity index (χ4v) is 4.19. The lowest BCUT2D eigenvalue weighted by Crippen LogP contribution is -2.40. The van der Waals surface area contributed by atoms with Crippen molar-refractivity contribution < 1.29 is 4.79 Å². The molecule has 8 heteroatoms. The number of rotatable bonds is 3. The van der Waals surface area contributed by atoms with E-state index in [1.165, 1.54) is 16.7 Å². The zero-order valence-electron chi connectivity index (χ0n) is 15.4. The number of nitrogens with one attached hydrogen (secondary N) is 1. The number of pyridine rings is 1. The lowest BCUT2D eigenvalue weighted by Gasteiger charge is -2.35. The molecule has 7 nitrogen and oxygen atoms in total. The summed E-state index contributed by atoms with van der Waals surface area (Å²) in [5, 5.41) is 3.88. The summed E-state index contributed by atoms with van der Waals surface area (Å²) in [4.78, 5) is 46.2. The zero-order chi connectivity index (χ0) is 19.7. The smallest absolute Gasteiger partial charge is 0.255 e. The van der Waals surface area contributed by atoms with Gasteiger partial charge in [0.1, 0.15) is 5.82 Å². The number of piperidine rings is 1. The van der Waals surface area contributed by atoms with Crippen LogP contribution in [0.2, 0.25) is 0 Å². The average Bonchev–Trinajstić information content (AvgIpc) is 3.24. The van der Waals surface area contributed by atoms with Crippen molar-refractivity contribution >= 4 is 17.2 Å². The molecule has 0 aliphatic carbocycles. The Balaban J connectivity index is 1.71. The Labute approximate surface area is 165 Å². The van der Waals surface area contributed by atoms with Crippen molar-refractivity contribution in [1.29, 1.82) is 0 Å². The highest BCUT2D eigenvalue weighted by atomic mass is 32.1. The van der Waals surface area contributed by atoms with Gasteiger partial charge in [-0.1, -0.05) is 0 Å². The molecule has 0 aromatic carbocycles. The van der Waals surface area contributed by atoms with Gasteiger partial charge in [-0.2, -0.15) is 11.3 Å². The molecule has 1 unspecified atom stereocenters. The predicted octanol–water partition coefficient (Wildman–Crippen LogP) is 2.56. The first kappa shape index (κ1) is 18.4. The van der Waals surface area contributed by atoms with Crippen molar-refractivity contribution in [2.45, 2.75) is 25.3 Å². The molecule has 3 aromatic heterocycles. The fraction of sp³-hybridized carbons (Fsp3) is 0.300. The second kappa shape index (κ2) is 7.55. The van der Waals surface area contributed by atoms with E-state index in [1.54, 1.807) is 35.5 Å². The second-order valence-electron chi connectivity index (χ2n) is 6.90. The van der Waals surface area contributed by atoms with E-state index in [4.69, 9.17) is 0 Å². The van der Waals surface area contributed by atoms with Crippen LogP contribution in [0.4, 0.5) is 0 Å². The van der Waals surface area contributed by atoms with Crippen LogP contribution in [0.3, 0.4) is 0 Å². The normalized spacial score (nSPS) is 16.9. The number of carbonyl (C=O) groups is 1. The molecular weight excluding hydrogens is 376 g/mol. The molecular formula is C20H20N4O3S. The van der Waals surface area contributed by atoms with Gasteiger partial charge in [0.05, 0.1) is 17.3 Å². The summed E-state index contributed by atoms with van der Waals surface area (Å²) >= 11 is 1.54. The quantitative estimate of drug-likeness (QED) is 0.737. The van der Waals surface area contributed by atoms with Gasteiger partial charge in [-0.05, 0) is 36.8 Å². The standard InChI is InChI=1S/C20H20N4O3S/c1-23-11-13(5-6-18(23)26)20(27)24-8-3-2-4-16(24)19-21-15(10-17(25)22-19)14-7-9-28-12-14/h5-7,9-12,16H,2-4,8H2,1H3,(H,21,22,25). The molecule has 1 fully saturated rings. The molecule has 1 saturated heterocycles. The number of likely N-dealkylation sites (tertiary alicyclic amines) is 1. The maximum atomic E-state index is 13.1. The first-order chi connectivity index (χ1) is 13.5. The monoisotopic (exact) mass is 396 g/mol. The van der Waals surface area contributed by atoms with Crippen LogP contribution < -0.4 is 11.1 Å². The number of aromatic nitrogens is 3. The highest BCUT2D eigenvalue weighted by molar-refractivity contribution is 7.08. The van der Waals surface area contributed by atoms with Crippen molar-refractivity contribution in [2.24, 2.45) is 7.05 Å². The maximum absolute atomic E-state index is 13.1. The number of hydrogen-bond donors (Lipinski definition) is 1. The number of aromatic amines is 1. The van der Waals surface area contributed by atoms with Crippen LogP contribution in [0.25, 0.3) is 11.3 Å². The molecule has 3 aromatic rings. The Morgan fingerprint density at radius 2 is 2.11 bits per heavy atom. The number of amides is 1. The van der Waals surface area contributed by atoms with Gasteiger partial charge in [-0.25, -0.2) is 4.98 Å². The third-order valence-corrected chi connectivity index (χ3v) is 5.67. The molecule has 0 spiro atoms. The summed E-state index contributed by atoms with van der Waals surface area (Å²) in [7, 11) is 1.62. The van der Waals surface area contributed by atoms with Crippen molar-refractivity contribution in [3.05, 3.63) is 73.3 Å². The Morgan fingerprint density at radius 3 is 2.86 bits per heavy atom. The van der Waals surface area contributed by atoms with Gasteiger partial charge < -0.3 is 14.5 Å². The van der Waals surface area contributed by atoms with Crippen LogP contribution in [0.1, 0.15) is 41.5 Å². The Bertz CT molecular complexity index is 1120. The first-order valence-electron chi connectivity index (χ1n) is 9.14. The highest BCUT2D eigenvalue weighted by Crippen LogP contribution is 2.31. The molecule has 1 atom stereocenters. The van der Waals surface area contributed by atoms with Gasteiger partial charge in [0.2, 0.25) is 5.56 Å². The molecule has 144 valence electrons. The minimum atomic E-state index is -0.301. The predicted molar refractivity (Wildman–Crippen MR) is 107 cm³/mol. The van der Waals surface area contributed by atoms with E-state index in [2.05, 4.69) is 9.97 Å². The van der Waals surface area contributed by atoms with E-state index in [1.807, 2.05) is 16.8 Å². The summed E-state index contributed by atoms with van der Waals surface area (Å²) in [6, 6.07) is 6.04. The Morgan fingerprint density at radius 1 is 1.25 bits per heavy atom. The molecule has 1 aliphatic rings. The van der Waals surface area contributed by atoms with Gasteiger partial charge in [-0.3, -0.25) is 14.4 Å². The van der Waals surface area contributed by atoms with Crippen molar-refractivity contribution in [3.63, 3.8) is 0 Å². The van der Waals surface area contributed by atoms with Gasteiger partial charge in [-0.15, -0.1) is 0 Å². The molecule has 1 amide bonds. The van der Waals surface area contributed by atoms with E-state index in [9.17, 15) is 14.4 Å². The lowest BCUT2D eigenvalue weighted by atomic mass is 10.00. The number of thiophene rings is 1. The van der Waals surface area contributed by atoms with Crippen LogP contribution in [0, 0.1) is 0 Å². The summed E-state index contributed by atoms with van der Waals surface area (Å²) in [5.41, 5.74) is 1.56. The number of hydrogen-bond acceptors (Lipinski definition) is 5. The van der Waals surface area contributed by atoms with Crippen molar-refractivity contribution in [2.75, 3.05) is 6.54 Å². The summed E-state index contributed by atoms with van der Waals surface area (Å²) in [5.74, 6) is 0.343. The maximum Gasteiger partial charge on any atom is 0.255 e. The minimum Gasteiger partial charge on any atom is -0.328 e. The van der Waals surface area contributed by atoms with Crippen LogP contribution in [0.5, 0.6) is 0 Å². The molecule has 0 bridgehead atoms. The Hall–Kier alpha value is -3.00.